The van der Waals surface area contributed by atoms with Gasteiger partial charge >= 0.3 is 6.03 Å². The first kappa shape index (κ1) is 15.0. The number of hydrogen-bond donors (Lipinski definition) is 3. The number of primary amides is 1. The summed E-state index contributed by atoms with van der Waals surface area (Å²) in [5, 5.41) is 5.08. The van der Waals surface area contributed by atoms with Gasteiger partial charge in [0.05, 0.1) is 0 Å². The van der Waals surface area contributed by atoms with Crippen LogP contribution in [-0.2, 0) is 11.2 Å². The molecule has 104 valence electrons. The lowest BCUT2D eigenvalue weighted by Gasteiger charge is -2.10. The summed E-state index contributed by atoms with van der Waals surface area (Å²) < 4.78 is 5.22. The van der Waals surface area contributed by atoms with Gasteiger partial charge in [-0.15, -0.1) is 0 Å². The molecule has 0 radical (unpaired) electrons. The van der Waals surface area contributed by atoms with Crippen LogP contribution in [0, 0.1) is 0 Å². The van der Waals surface area contributed by atoms with Crippen LogP contribution in [0.5, 0.6) is 5.75 Å². The number of hydrogen-bond acceptors (Lipinski definition) is 4. The molecule has 0 bridgehead atoms. The van der Waals surface area contributed by atoms with Gasteiger partial charge in [-0.25, -0.2) is 4.79 Å². The zero-order valence-electron chi connectivity index (χ0n) is 11.1. The predicted molar refractivity (Wildman–Crippen MR) is 71.9 cm³/mol. The van der Waals surface area contributed by atoms with E-state index in [1.54, 1.807) is 12.1 Å². The SMILES string of the molecule is CNC(C)Cc1ccc(OCC(=O)NC(N)=O)cc1. The lowest BCUT2D eigenvalue weighted by atomic mass is 10.1. The molecule has 1 unspecified atom stereocenters. The van der Waals surface area contributed by atoms with Gasteiger partial charge in [0.2, 0.25) is 0 Å². The van der Waals surface area contributed by atoms with Crippen LogP contribution in [0.15, 0.2) is 24.3 Å². The van der Waals surface area contributed by atoms with Crippen molar-refractivity contribution >= 4 is 11.9 Å². The van der Waals surface area contributed by atoms with E-state index >= 15 is 0 Å². The monoisotopic (exact) mass is 265 g/mol. The van der Waals surface area contributed by atoms with Crippen LogP contribution >= 0.6 is 0 Å². The van der Waals surface area contributed by atoms with Crippen molar-refractivity contribution in [1.82, 2.24) is 10.6 Å². The standard InChI is InChI=1S/C13H19N3O3/c1-9(15-2)7-10-3-5-11(6-4-10)19-8-12(17)16-13(14)18/h3-6,9,15H,7-8H2,1-2H3,(H3,14,16,17,18). The highest BCUT2D eigenvalue weighted by Gasteiger charge is 2.05. The highest BCUT2D eigenvalue weighted by Crippen LogP contribution is 2.13. The molecule has 0 aliphatic carbocycles. The lowest BCUT2D eigenvalue weighted by molar-refractivity contribution is -0.121. The number of nitrogens with one attached hydrogen (secondary N) is 2. The van der Waals surface area contributed by atoms with Crippen LogP contribution in [0.3, 0.4) is 0 Å². The Bertz CT molecular complexity index is 431. The van der Waals surface area contributed by atoms with Gasteiger partial charge < -0.3 is 15.8 Å². The number of ether oxygens (including phenoxy) is 1. The number of carbonyl (C=O) groups is 2. The van der Waals surface area contributed by atoms with E-state index in [4.69, 9.17) is 10.5 Å². The minimum atomic E-state index is -0.884. The maximum atomic E-state index is 11.1. The predicted octanol–water partition coefficient (Wildman–Crippen LogP) is 0.411. The van der Waals surface area contributed by atoms with Gasteiger partial charge in [0.1, 0.15) is 5.75 Å². The molecule has 0 fully saturated rings. The van der Waals surface area contributed by atoms with E-state index in [1.165, 1.54) is 5.56 Å². The van der Waals surface area contributed by atoms with Gasteiger partial charge in [-0.2, -0.15) is 0 Å². The highest BCUT2D eigenvalue weighted by atomic mass is 16.5. The Morgan fingerprint density at radius 1 is 1.32 bits per heavy atom. The number of likely N-dealkylation sites (N-methyl/N-ethyl adjacent to an activating group) is 1. The van der Waals surface area contributed by atoms with Gasteiger partial charge in [-0.1, -0.05) is 12.1 Å². The zero-order valence-corrected chi connectivity index (χ0v) is 11.1. The number of imide groups is 1. The minimum Gasteiger partial charge on any atom is -0.484 e. The van der Waals surface area contributed by atoms with E-state index in [2.05, 4.69) is 12.2 Å². The number of amides is 3. The fourth-order valence-corrected chi connectivity index (χ4v) is 1.50. The molecule has 0 aromatic heterocycles. The average Bonchev–Trinajstić information content (AvgIpc) is 2.37. The fraction of sp³-hybridized carbons (Fsp3) is 0.385. The molecule has 0 aliphatic heterocycles. The molecule has 0 spiro atoms. The summed E-state index contributed by atoms with van der Waals surface area (Å²) in [6.07, 6.45) is 0.916. The highest BCUT2D eigenvalue weighted by molar-refractivity contribution is 5.94. The Balaban J connectivity index is 2.44. The lowest BCUT2D eigenvalue weighted by Crippen LogP contribution is -2.38. The molecular formula is C13H19N3O3. The third-order valence-electron chi connectivity index (χ3n) is 2.59. The Morgan fingerprint density at radius 2 is 1.95 bits per heavy atom. The van der Waals surface area contributed by atoms with Crippen molar-refractivity contribution in [2.75, 3.05) is 13.7 Å². The van der Waals surface area contributed by atoms with Crippen LogP contribution in [0.2, 0.25) is 0 Å². The summed E-state index contributed by atoms with van der Waals surface area (Å²) in [6, 6.07) is 6.97. The van der Waals surface area contributed by atoms with E-state index in [0.29, 0.717) is 11.8 Å². The first-order valence-electron chi connectivity index (χ1n) is 5.99. The molecule has 1 aromatic carbocycles. The number of urea groups is 1. The van der Waals surface area contributed by atoms with Crippen molar-refractivity contribution in [2.24, 2.45) is 5.73 Å². The van der Waals surface area contributed by atoms with E-state index in [9.17, 15) is 9.59 Å². The molecule has 1 aromatic rings. The van der Waals surface area contributed by atoms with Gasteiger partial charge in [0, 0.05) is 6.04 Å². The Kier molecular flexibility index (Phi) is 5.81. The van der Waals surface area contributed by atoms with Crippen molar-refractivity contribution in [1.29, 1.82) is 0 Å². The molecule has 0 saturated heterocycles. The minimum absolute atomic E-state index is 0.241. The number of benzene rings is 1. The van der Waals surface area contributed by atoms with Crippen LogP contribution < -0.4 is 21.1 Å². The third kappa shape index (κ3) is 5.87. The smallest absolute Gasteiger partial charge is 0.318 e. The fourth-order valence-electron chi connectivity index (χ4n) is 1.50. The van der Waals surface area contributed by atoms with E-state index < -0.39 is 11.9 Å². The summed E-state index contributed by atoms with van der Waals surface area (Å²) >= 11 is 0. The molecule has 1 atom stereocenters. The zero-order chi connectivity index (χ0) is 14.3. The molecule has 1 rings (SSSR count). The van der Waals surface area contributed by atoms with Gasteiger partial charge in [-0.3, -0.25) is 10.1 Å². The summed E-state index contributed by atoms with van der Waals surface area (Å²) in [5.74, 6) is 0.000799. The first-order valence-corrected chi connectivity index (χ1v) is 5.99. The van der Waals surface area contributed by atoms with E-state index in [1.807, 2.05) is 24.5 Å². The molecule has 4 N–H and O–H groups in total. The van der Waals surface area contributed by atoms with Crippen molar-refractivity contribution < 1.29 is 14.3 Å². The van der Waals surface area contributed by atoms with Crippen molar-refractivity contribution in [2.45, 2.75) is 19.4 Å². The Morgan fingerprint density at radius 3 is 2.47 bits per heavy atom. The van der Waals surface area contributed by atoms with E-state index in [-0.39, 0.29) is 6.61 Å². The van der Waals surface area contributed by atoms with Crippen LogP contribution in [0.1, 0.15) is 12.5 Å². The maximum absolute atomic E-state index is 11.1. The summed E-state index contributed by atoms with van der Waals surface area (Å²) in [7, 11) is 1.92. The maximum Gasteiger partial charge on any atom is 0.318 e. The molecular weight excluding hydrogens is 246 g/mol. The molecule has 19 heavy (non-hydrogen) atoms. The van der Waals surface area contributed by atoms with Crippen LogP contribution in [0.4, 0.5) is 4.79 Å². The van der Waals surface area contributed by atoms with Gasteiger partial charge in [0.25, 0.3) is 5.91 Å². The number of nitrogens with two attached hydrogens (primary N) is 1. The normalized spacial score (nSPS) is 11.7. The van der Waals surface area contributed by atoms with Crippen molar-refractivity contribution in [3.8, 4) is 5.75 Å². The molecule has 3 amide bonds. The summed E-state index contributed by atoms with van der Waals surface area (Å²) in [5.41, 5.74) is 5.99. The Labute approximate surface area is 112 Å². The summed E-state index contributed by atoms with van der Waals surface area (Å²) in [6.45, 7) is 1.85. The van der Waals surface area contributed by atoms with Crippen molar-refractivity contribution in [3.05, 3.63) is 29.8 Å². The average molecular weight is 265 g/mol. The number of rotatable bonds is 6. The summed E-state index contributed by atoms with van der Waals surface area (Å²) in [4.78, 5) is 21.6. The second-order valence-electron chi connectivity index (χ2n) is 4.24. The molecule has 6 nitrogen and oxygen atoms in total. The first-order chi connectivity index (χ1) is 9.01. The molecule has 0 heterocycles. The van der Waals surface area contributed by atoms with Crippen LogP contribution in [0.25, 0.3) is 0 Å². The molecule has 0 aliphatic rings. The molecule has 6 heteroatoms. The topological polar surface area (TPSA) is 93.4 Å². The third-order valence-corrected chi connectivity index (χ3v) is 2.59. The molecule has 0 saturated carbocycles. The van der Waals surface area contributed by atoms with Crippen molar-refractivity contribution in [3.63, 3.8) is 0 Å². The van der Waals surface area contributed by atoms with E-state index in [0.717, 1.165) is 6.42 Å². The van der Waals surface area contributed by atoms with Crippen LogP contribution in [-0.4, -0.2) is 31.6 Å². The largest absolute Gasteiger partial charge is 0.484 e. The second kappa shape index (κ2) is 7.38. The van der Waals surface area contributed by atoms with Gasteiger partial charge in [0.15, 0.2) is 6.61 Å². The Hall–Kier alpha value is -2.08. The second-order valence-corrected chi connectivity index (χ2v) is 4.24. The quantitative estimate of drug-likeness (QED) is 0.694. The van der Waals surface area contributed by atoms with Gasteiger partial charge in [-0.05, 0) is 38.1 Å². The number of carbonyl (C=O) groups excluding carboxylic acids is 2.